The van der Waals surface area contributed by atoms with Gasteiger partial charge in [0.1, 0.15) is 5.75 Å². The number of nitrogens with one attached hydrogen (secondary N) is 2. The minimum absolute atomic E-state index is 0.0476. The highest BCUT2D eigenvalue weighted by molar-refractivity contribution is 5.86. The fourth-order valence-electron chi connectivity index (χ4n) is 2.44. The van der Waals surface area contributed by atoms with Gasteiger partial charge in [-0.15, -0.1) is 0 Å². The van der Waals surface area contributed by atoms with E-state index in [0.29, 0.717) is 18.1 Å². The lowest BCUT2D eigenvalue weighted by atomic mass is 10.1. The second-order valence-corrected chi connectivity index (χ2v) is 6.69. The molecule has 0 bridgehead atoms. The number of benzene rings is 2. The third-order valence-electron chi connectivity index (χ3n) is 4.28. The summed E-state index contributed by atoms with van der Waals surface area (Å²) < 4.78 is 31.9. The number of guanidine groups is 1. The second kappa shape index (κ2) is 10.4. The van der Waals surface area contributed by atoms with Crippen molar-refractivity contribution in [3.63, 3.8) is 0 Å². The van der Waals surface area contributed by atoms with Crippen LogP contribution in [-0.2, 0) is 11.3 Å². The molecule has 0 aromatic heterocycles. The SMILES string of the molecule is COc1ccc(CN=C(NCC(=O)N(C)C)NC(C)c2ccc(F)c(F)c2)cc1. The molecule has 2 rings (SSSR count). The summed E-state index contributed by atoms with van der Waals surface area (Å²) >= 11 is 0. The molecule has 0 spiro atoms. The number of hydrogen-bond donors (Lipinski definition) is 2. The van der Waals surface area contributed by atoms with Crippen LogP contribution in [0.5, 0.6) is 5.75 Å². The van der Waals surface area contributed by atoms with Crippen LogP contribution in [0, 0.1) is 11.6 Å². The zero-order valence-corrected chi connectivity index (χ0v) is 17.0. The van der Waals surface area contributed by atoms with Gasteiger partial charge >= 0.3 is 0 Å². The molecule has 0 heterocycles. The van der Waals surface area contributed by atoms with Gasteiger partial charge in [0.25, 0.3) is 0 Å². The third-order valence-corrected chi connectivity index (χ3v) is 4.28. The lowest BCUT2D eigenvalue weighted by molar-refractivity contribution is -0.127. The summed E-state index contributed by atoms with van der Waals surface area (Å²) in [7, 11) is 4.92. The standard InChI is InChI=1S/C21H26F2N4O2/c1-14(16-7-10-18(22)19(23)11-16)26-21(25-13-20(28)27(2)3)24-12-15-5-8-17(29-4)9-6-15/h5-11,14H,12-13H2,1-4H3,(H2,24,25,26). The highest BCUT2D eigenvalue weighted by atomic mass is 19.2. The summed E-state index contributed by atoms with van der Waals surface area (Å²) in [5, 5.41) is 6.10. The highest BCUT2D eigenvalue weighted by Gasteiger charge is 2.12. The first-order valence-electron chi connectivity index (χ1n) is 9.13. The van der Waals surface area contributed by atoms with E-state index in [0.717, 1.165) is 23.4 Å². The molecule has 0 aliphatic rings. The molecule has 1 atom stereocenters. The van der Waals surface area contributed by atoms with E-state index in [9.17, 15) is 13.6 Å². The molecule has 2 aromatic carbocycles. The molecule has 6 nitrogen and oxygen atoms in total. The van der Waals surface area contributed by atoms with Crippen molar-refractivity contribution in [3.05, 3.63) is 65.2 Å². The number of likely N-dealkylation sites (N-methyl/N-ethyl adjacent to an activating group) is 1. The Labute approximate surface area is 169 Å². The Kier molecular flexibility index (Phi) is 7.94. The molecule has 0 aliphatic carbocycles. The van der Waals surface area contributed by atoms with E-state index in [1.165, 1.54) is 11.0 Å². The van der Waals surface area contributed by atoms with Crippen LogP contribution >= 0.6 is 0 Å². The second-order valence-electron chi connectivity index (χ2n) is 6.69. The molecule has 0 saturated heterocycles. The Morgan fingerprint density at radius 1 is 1.14 bits per heavy atom. The normalized spacial score (nSPS) is 12.3. The Morgan fingerprint density at radius 3 is 2.41 bits per heavy atom. The fourth-order valence-corrected chi connectivity index (χ4v) is 2.44. The predicted octanol–water partition coefficient (Wildman–Crippen LogP) is 2.86. The third kappa shape index (κ3) is 6.74. The van der Waals surface area contributed by atoms with E-state index in [1.54, 1.807) is 28.1 Å². The van der Waals surface area contributed by atoms with Crippen molar-refractivity contribution >= 4 is 11.9 Å². The zero-order chi connectivity index (χ0) is 21.4. The van der Waals surface area contributed by atoms with Gasteiger partial charge in [0.05, 0.1) is 26.2 Å². The molecule has 1 amide bonds. The van der Waals surface area contributed by atoms with Crippen molar-refractivity contribution in [3.8, 4) is 5.75 Å². The molecule has 156 valence electrons. The number of carbonyl (C=O) groups excluding carboxylic acids is 1. The minimum Gasteiger partial charge on any atom is -0.497 e. The fraction of sp³-hybridized carbons (Fsp3) is 0.333. The van der Waals surface area contributed by atoms with Crippen LogP contribution in [0.4, 0.5) is 8.78 Å². The van der Waals surface area contributed by atoms with Crippen LogP contribution in [0.2, 0.25) is 0 Å². The van der Waals surface area contributed by atoms with Gasteiger partial charge in [0.2, 0.25) is 5.91 Å². The summed E-state index contributed by atoms with van der Waals surface area (Å²) in [5.74, 6) is -0.803. The molecule has 29 heavy (non-hydrogen) atoms. The predicted molar refractivity (Wildman–Crippen MR) is 109 cm³/mol. The van der Waals surface area contributed by atoms with Gasteiger partial charge in [0, 0.05) is 14.1 Å². The van der Waals surface area contributed by atoms with Crippen molar-refractivity contribution < 1.29 is 18.3 Å². The minimum atomic E-state index is -0.913. The first kappa shape index (κ1) is 22.1. The van der Waals surface area contributed by atoms with Gasteiger partial charge in [0.15, 0.2) is 17.6 Å². The van der Waals surface area contributed by atoms with Crippen molar-refractivity contribution in [2.45, 2.75) is 19.5 Å². The van der Waals surface area contributed by atoms with Gasteiger partial charge in [-0.3, -0.25) is 4.79 Å². The topological polar surface area (TPSA) is 66.0 Å². The smallest absolute Gasteiger partial charge is 0.241 e. The van der Waals surface area contributed by atoms with Crippen LogP contribution in [0.25, 0.3) is 0 Å². The number of amides is 1. The number of hydrogen-bond acceptors (Lipinski definition) is 3. The van der Waals surface area contributed by atoms with Crippen LogP contribution in [0.1, 0.15) is 24.1 Å². The molecule has 2 aromatic rings. The van der Waals surface area contributed by atoms with Gasteiger partial charge in [-0.25, -0.2) is 13.8 Å². The number of carbonyl (C=O) groups is 1. The van der Waals surface area contributed by atoms with Crippen LogP contribution < -0.4 is 15.4 Å². The van der Waals surface area contributed by atoms with E-state index in [2.05, 4.69) is 15.6 Å². The van der Waals surface area contributed by atoms with Gasteiger partial charge in [-0.05, 0) is 42.3 Å². The molecule has 8 heteroatoms. The Hall–Kier alpha value is -3.16. The molecular weight excluding hydrogens is 378 g/mol. The largest absolute Gasteiger partial charge is 0.497 e. The number of rotatable bonds is 7. The summed E-state index contributed by atoms with van der Waals surface area (Å²) in [6.07, 6.45) is 0. The Balaban J connectivity index is 2.13. The van der Waals surface area contributed by atoms with Gasteiger partial charge < -0.3 is 20.3 Å². The maximum atomic E-state index is 13.5. The van der Waals surface area contributed by atoms with Gasteiger partial charge in [-0.1, -0.05) is 18.2 Å². The van der Waals surface area contributed by atoms with Gasteiger partial charge in [-0.2, -0.15) is 0 Å². The summed E-state index contributed by atoms with van der Waals surface area (Å²) in [6, 6.07) is 10.8. The number of aliphatic imine (C=N–C) groups is 1. The molecular formula is C21H26F2N4O2. The summed E-state index contributed by atoms with van der Waals surface area (Å²) in [5.41, 5.74) is 1.51. The number of halogens is 2. The average molecular weight is 404 g/mol. The van der Waals surface area contributed by atoms with Crippen LogP contribution in [0.3, 0.4) is 0 Å². The van der Waals surface area contributed by atoms with E-state index in [-0.39, 0.29) is 18.5 Å². The maximum Gasteiger partial charge on any atom is 0.241 e. The molecule has 1 unspecified atom stereocenters. The van der Waals surface area contributed by atoms with E-state index < -0.39 is 11.6 Å². The number of nitrogens with zero attached hydrogens (tertiary/aromatic N) is 2. The first-order valence-corrected chi connectivity index (χ1v) is 9.13. The van der Waals surface area contributed by atoms with Crippen molar-refractivity contribution in [2.75, 3.05) is 27.7 Å². The van der Waals surface area contributed by atoms with Crippen LogP contribution in [-0.4, -0.2) is 44.5 Å². The Morgan fingerprint density at radius 2 is 1.83 bits per heavy atom. The van der Waals surface area contributed by atoms with E-state index in [4.69, 9.17) is 4.74 Å². The molecule has 0 saturated carbocycles. The molecule has 0 fully saturated rings. The maximum absolute atomic E-state index is 13.5. The monoisotopic (exact) mass is 404 g/mol. The quantitative estimate of drug-likeness (QED) is 0.550. The number of methoxy groups -OCH3 is 1. The zero-order valence-electron chi connectivity index (χ0n) is 17.0. The average Bonchev–Trinajstić information content (AvgIpc) is 2.71. The van der Waals surface area contributed by atoms with Crippen molar-refractivity contribution in [1.82, 2.24) is 15.5 Å². The number of ether oxygens (including phenoxy) is 1. The van der Waals surface area contributed by atoms with Crippen LogP contribution in [0.15, 0.2) is 47.5 Å². The molecule has 0 radical (unpaired) electrons. The van der Waals surface area contributed by atoms with Crippen molar-refractivity contribution in [2.24, 2.45) is 4.99 Å². The molecule has 2 N–H and O–H groups in total. The van der Waals surface area contributed by atoms with E-state index in [1.807, 2.05) is 24.3 Å². The van der Waals surface area contributed by atoms with Crippen molar-refractivity contribution in [1.29, 1.82) is 0 Å². The molecule has 0 aliphatic heterocycles. The lowest BCUT2D eigenvalue weighted by Gasteiger charge is -2.20. The lowest BCUT2D eigenvalue weighted by Crippen LogP contribution is -2.43. The highest BCUT2D eigenvalue weighted by Crippen LogP contribution is 2.16. The first-order chi connectivity index (χ1) is 13.8. The Bertz CT molecular complexity index is 854. The van der Waals surface area contributed by atoms with E-state index >= 15 is 0 Å². The summed E-state index contributed by atoms with van der Waals surface area (Å²) in [6.45, 7) is 2.21. The summed E-state index contributed by atoms with van der Waals surface area (Å²) in [4.78, 5) is 17.9.